The Morgan fingerprint density at radius 1 is 1.62 bits per heavy atom. The summed E-state index contributed by atoms with van der Waals surface area (Å²) in [7, 11) is 1.51. The zero-order valence-corrected chi connectivity index (χ0v) is 8.71. The molecule has 0 atom stereocenters. The zero-order valence-electron chi connectivity index (χ0n) is 8.71. The Kier molecular flexibility index (Phi) is 4.25. The maximum atomic E-state index is 11.4. The summed E-state index contributed by atoms with van der Waals surface area (Å²) >= 11 is 0. The molecule has 1 rings (SSSR count). The summed E-state index contributed by atoms with van der Waals surface area (Å²) in [5, 5.41) is 14.5. The van der Waals surface area contributed by atoms with E-state index < -0.39 is 5.97 Å². The maximum Gasteiger partial charge on any atom is 0.317 e. The van der Waals surface area contributed by atoms with Gasteiger partial charge in [0.25, 0.3) is 0 Å². The van der Waals surface area contributed by atoms with Crippen LogP contribution in [0.3, 0.4) is 0 Å². The minimum atomic E-state index is -0.946. The van der Waals surface area contributed by atoms with Crippen molar-refractivity contribution in [2.45, 2.75) is 13.0 Å². The minimum Gasteiger partial charge on any atom is -0.481 e. The van der Waals surface area contributed by atoms with Crippen LogP contribution >= 0.6 is 0 Å². The number of aromatic nitrogens is 2. The van der Waals surface area contributed by atoms with E-state index >= 15 is 0 Å². The molecule has 8 nitrogen and oxygen atoms in total. The van der Waals surface area contributed by atoms with E-state index in [1.165, 1.54) is 11.9 Å². The van der Waals surface area contributed by atoms with Gasteiger partial charge < -0.3 is 19.8 Å². The van der Waals surface area contributed by atoms with E-state index in [0.717, 1.165) is 6.39 Å². The van der Waals surface area contributed by atoms with Gasteiger partial charge in [-0.05, 0) is 0 Å². The molecular formula is C8H12N4O4. The van der Waals surface area contributed by atoms with Crippen molar-refractivity contribution in [2.24, 2.45) is 0 Å². The lowest BCUT2D eigenvalue weighted by atomic mass is 10.4. The monoisotopic (exact) mass is 228 g/mol. The predicted molar refractivity (Wildman–Crippen MR) is 51.4 cm³/mol. The molecule has 2 amide bonds. The molecule has 0 saturated heterocycles. The van der Waals surface area contributed by atoms with Crippen LogP contribution in [0, 0.1) is 0 Å². The molecule has 0 aliphatic heterocycles. The van der Waals surface area contributed by atoms with Gasteiger partial charge in [-0.2, -0.15) is 4.98 Å². The van der Waals surface area contributed by atoms with Crippen molar-refractivity contribution >= 4 is 12.0 Å². The van der Waals surface area contributed by atoms with Crippen molar-refractivity contribution in [3.8, 4) is 0 Å². The molecule has 88 valence electrons. The van der Waals surface area contributed by atoms with E-state index in [9.17, 15) is 9.59 Å². The molecule has 0 radical (unpaired) electrons. The fourth-order valence-electron chi connectivity index (χ4n) is 0.925. The first kappa shape index (κ1) is 12.0. The quantitative estimate of drug-likeness (QED) is 0.715. The van der Waals surface area contributed by atoms with E-state index in [1.807, 2.05) is 0 Å². The molecule has 0 saturated carbocycles. The molecule has 0 aromatic carbocycles. The molecule has 16 heavy (non-hydrogen) atoms. The molecule has 0 aliphatic rings. The highest BCUT2D eigenvalue weighted by Crippen LogP contribution is 1.91. The van der Waals surface area contributed by atoms with E-state index in [-0.39, 0.29) is 25.5 Å². The number of carbonyl (C=O) groups is 2. The number of hydrogen-bond acceptors (Lipinski definition) is 5. The summed E-state index contributed by atoms with van der Waals surface area (Å²) in [6, 6.07) is -0.383. The molecule has 0 spiro atoms. The lowest BCUT2D eigenvalue weighted by molar-refractivity contribution is -0.137. The number of carbonyl (C=O) groups excluding carboxylic acids is 1. The summed E-state index contributed by atoms with van der Waals surface area (Å²) in [4.78, 5) is 26.7. The highest BCUT2D eigenvalue weighted by atomic mass is 16.5. The maximum absolute atomic E-state index is 11.4. The summed E-state index contributed by atoms with van der Waals surface area (Å²) in [6.07, 6.45) is 1.07. The number of aliphatic carboxylic acids is 1. The van der Waals surface area contributed by atoms with Crippen molar-refractivity contribution in [1.29, 1.82) is 0 Å². The third kappa shape index (κ3) is 3.95. The first-order chi connectivity index (χ1) is 7.59. The summed E-state index contributed by atoms with van der Waals surface area (Å²) < 4.78 is 4.48. The second kappa shape index (κ2) is 5.69. The van der Waals surface area contributed by atoms with Crippen molar-refractivity contribution < 1.29 is 19.2 Å². The molecule has 0 unspecified atom stereocenters. The summed E-state index contributed by atoms with van der Waals surface area (Å²) in [5.74, 6) is -0.585. The fourth-order valence-corrected chi connectivity index (χ4v) is 0.925. The van der Waals surface area contributed by atoms with Crippen LogP contribution in [0.2, 0.25) is 0 Å². The average Bonchev–Trinajstić information content (AvgIpc) is 2.75. The lowest BCUT2D eigenvalue weighted by Crippen LogP contribution is -2.38. The number of amides is 2. The van der Waals surface area contributed by atoms with Gasteiger partial charge in [-0.3, -0.25) is 4.79 Å². The van der Waals surface area contributed by atoms with Crippen molar-refractivity contribution in [3.05, 3.63) is 12.2 Å². The molecule has 2 N–H and O–H groups in total. The van der Waals surface area contributed by atoms with Gasteiger partial charge in [0.1, 0.15) is 0 Å². The Bertz CT molecular complexity index is 351. The normalized spacial score (nSPS) is 9.81. The van der Waals surface area contributed by atoms with Crippen molar-refractivity contribution in [2.75, 3.05) is 13.6 Å². The Balaban J connectivity index is 2.26. The highest BCUT2D eigenvalue weighted by Gasteiger charge is 2.10. The van der Waals surface area contributed by atoms with Crippen LogP contribution in [0.25, 0.3) is 0 Å². The van der Waals surface area contributed by atoms with E-state index in [4.69, 9.17) is 5.11 Å². The average molecular weight is 228 g/mol. The number of carboxylic acids is 1. The fraction of sp³-hybridized carbons (Fsp3) is 0.500. The second-order valence-corrected chi connectivity index (χ2v) is 3.07. The van der Waals surface area contributed by atoms with Gasteiger partial charge in [0, 0.05) is 13.6 Å². The molecule has 1 heterocycles. The first-order valence-corrected chi connectivity index (χ1v) is 4.55. The van der Waals surface area contributed by atoms with Gasteiger partial charge in [0.15, 0.2) is 5.82 Å². The topological polar surface area (TPSA) is 109 Å². The number of carboxylic acid groups (broad SMARTS) is 1. The van der Waals surface area contributed by atoms with Crippen LogP contribution in [-0.2, 0) is 11.3 Å². The number of urea groups is 1. The molecule has 0 aliphatic carbocycles. The molecule has 8 heteroatoms. The Morgan fingerprint density at radius 3 is 2.94 bits per heavy atom. The molecule has 1 aromatic heterocycles. The predicted octanol–water partition coefficient (Wildman–Crippen LogP) is -0.314. The second-order valence-electron chi connectivity index (χ2n) is 3.07. The van der Waals surface area contributed by atoms with Crippen LogP contribution in [0.15, 0.2) is 10.9 Å². The highest BCUT2D eigenvalue weighted by molar-refractivity contribution is 5.74. The SMILES string of the molecule is CN(CCC(=O)O)C(=O)NCc1ncon1. The van der Waals surface area contributed by atoms with Crippen molar-refractivity contribution in [3.63, 3.8) is 0 Å². The van der Waals surface area contributed by atoms with Gasteiger partial charge in [0.2, 0.25) is 6.39 Å². The van der Waals surface area contributed by atoms with Gasteiger partial charge in [-0.1, -0.05) is 5.16 Å². The Labute approximate surface area is 91.2 Å². The molecule has 1 aromatic rings. The van der Waals surface area contributed by atoms with Crippen LogP contribution < -0.4 is 5.32 Å². The van der Waals surface area contributed by atoms with E-state index in [0.29, 0.717) is 5.82 Å². The third-order valence-electron chi connectivity index (χ3n) is 1.81. The molecule has 0 fully saturated rings. The zero-order chi connectivity index (χ0) is 12.0. The van der Waals surface area contributed by atoms with Gasteiger partial charge >= 0.3 is 12.0 Å². The summed E-state index contributed by atoms with van der Waals surface area (Å²) in [5.41, 5.74) is 0. The Morgan fingerprint density at radius 2 is 2.38 bits per heavy atom. The largest absolute Gasteiger partial charge is 0.481 e. The van der Waals surface area contributed by atoms with Crippen LogP contribution in [0.4, 0.5) is 4.79 Å². The molecule has 0 bridgehead atoms. The van der Waals surface area contributed by atoms with Crippen LogP contribution in [0.1, 0.15) is 12.2 Å². The van der Waals surface area contributed by atoms with E-state index in [1.54, 1.807) is 0 Å². The van der Waals surface area contributed by atoms with Gasteiger partial charge in [0.05, 0.1) is 13.0 Å². The lowest BCUT2D eigenvalue weighted by Gasteiger charge is -2.15. The standard InChI is InChI=1S/C8H12N4O4/c1-12(3-2-7(13)14)8(15)9-4-6-10-5-16-11-6/h5H,2-4H2,1H3,(H,9,15)(H,13,14). The number of hydrogen-bond donors (Lipinski definition) is 2. The number of rotatable bonds is 5. The Hall–Kier alpha value is -2.12. The third-order valence-corrected chi connectivity index (χ3v) is 1.81. The van der Waals surface area contributed by atoms with Gasteiger partial charge in [-0.15, -0.1) is 0 Å². The number of nitrogens with one attached hydrogen (secondary N) is 1. The number of nitrogens with zero attached hydrogens (tertiary/aromatic N) is 3. The van der Waals surface area contributed by atoms with Gasteiger partial charge in [-0.25, -0.2) is 4.79 Å². The van der Waals surface area contributed by atoms with Crippen LogP contribution in [-0.4, -0.2) is 45.7 Å². The van der Waals surface area contributed by atoms with Crippen LogP contribution in [0.5, 0.6) is 0 Å². The molecular weight excluding hydrogens is 216 g/mol. The smallest absolute Gasteiger partial charge is 0.317 e. The van der Waals surface area contributed by atoms with Crippen molar-refractivity contribution in [1.82, 2.24) is 20.4 Å². The summed E-state index contributed by atoms with van der Waals surface area (Å²) in [6.45, 7) is 0.292. The first-order valence-electron chi connectivity index (χ1n) is 4.55. The van der Waals surface area contributed by atoms with E-state index in [2.05, 4.69) is 20.0 Å². The minimum absolute atomic E-state index is 0.0911.